The summed E-state index contributed by atoms with van der Waals surface area (Å²) in [6.45, 7) is 7.88. The van der Waals surface area contributed by atoms with Gasteiger partial charge in [-0.1, -0.05) is 17.7 Å². The smallest absolute Gasteiger partial charge is 0.0407 e. The maximum absolute atomic E-state index is 5.99. The zero-order valence-corrected chi connectivity index (χ0v) is 17.5. The Hall–Kier alpha value is -0.900. The molecule has 0 saturated carbocycles. The maximum atomic E-state index is 5.99. The Labute approximate surface area is 169 Å². The summed E-state index contributed by atoms with van der Waals surface area (Å²) in [5.41, 5.74) is 4.36. The third kappa shape index (κ3) is 5.31. The molecule has 2 aliphatic rings. The minimum atomic E-state index is 0.810. The highest BCUT2D eigenvalue weighted by atomic mass is 35.5. The first-order chi connectivity index (χ1) is 12.7. The third-order valence-corrected chi connectivity index (χ3v) is 6.40. The van der Waals surface area contributed by atoms with Crippen LogP contribution in [0.25, 0.3) is 0 Å². The van der Waals surface area contributed by atoms with Crippen LogP contribution in [0.3, 0.4) is 0 Å². The van der Waals surface area contributed by atoms with Gasteiger partial charge in [-0.2, -0.15) is 0 Å². The molecule has 142 valence electrons. The number of halogens is 1. The molecule has 0 N–H and O–H groups in total. The summed E-state index contributed by atoms with van der Waals surface area (Å²) in [4.78, 5) is 6.40. The minimum absolute atomic E-state index is 0.810. The van der Waals surface area contributed by atoms with Crippen molar-refractivity contribution in [2.45, 2.75) is 45.4 Å². The first kappa shape index (κ1) is 19.9. The lowest BCUT2D eigenvalue weighted by Crippen LogP contribution is -2.46. The van der Waals surface area contributed by atoms with Crippen molar-refractivity contribution in [3.05, 3.63) is 51.4 Å². The molecule has 1 aliphatic heterocycles. The molecule has 26 heavy (non-hydrogen) atoms. The van der Waals surface area contributed by atoms with Gasteiger partial charge in [0, 0.05) is 36.9 Å². The van der Waals surface area contributed by atoms with Crippen LogP contribution in [0, 0.1) is 0 Å². The van der Waals surface area contributed by atoms with Crippen molar-refractivity contribution in [3.8, 4) is 0 Å². The summed E-state index contributed by atoms with van der Waals surface area (Å²) in [5.74, 6) is 0. The van der Waals surface area contributed by atoms with Gasteiger partial charge in [0.25, 0.3) is 0 Å². The number of nitrogens with zero attached hydrogens (tertiary/aromatic N) is 2. The fourth-order valence-corrected chi connectivity index (χ4v) is 4.62. The van der Waals surface area contributed by atoms with Gasteiger partial charge in [0.2, 0.25) is 0 Å². The number of hydrogen-bond acceptors (Lipinski definition) is 3. The van der Waals surface area contributed by atoms with Gasteiger partial charge >= 0.3 is 0 Å². The van der Waals surface area contributed by atoms with Crippen molar-refractivity contribution in [1.29, 1.82) is 0 Å². The van der Waals surface area contributed by atoms with Gasteiger partial charge in [0.05, 0.1) is 0 Å². The van der Waals surface area contributed by atoms with Gasteiger partial charge in [-0.15, -0.1) is 12.6 Å². The van der Waals surface area contributed by atoms with E-state index in [9.17, 15) is 0 Å². The number of benzene rings is 1. The van der Waals surface area contributed by atoms with Crippen LogP contribution in [0.5, 0.6) is 0 Å². The van der Waals surface area contributed by atoms with Gasteiger partial charge in [0.1, 0.15) is 0 Å². The molecule has 1 aliphatic carbocycles. The second-order valence-electron chi connectivity index (χ2n) is 7.35. The van der Waals surface area contributed by atoms with Crippen molar-refractivity contribution < 1.29 is 0 Å². The topological polar surface area (TPSA) is 6.48 Å². The molecule has 0 atom stereocenters. The first-order valence-electron chi connectivity index (χ1n) is 9.97. The van der Waals surface area contributed by atoms with Gasteiger partial charge < -0.3 is 4.90 Å². The maximum Gasteiger partial charge on any atom is 0.0407 e. The van der Waals surface area contributed by atoms with Crippen LogP contribution >= 0.6 is 24.2 Å². The first-order valence-corrected chi connectivity index (χ1v) is 10.8. The molecule has 0 bridgehead atoms. The van der Waals surface area contributed by atoms with Crippen LogP contribution in [0.15, 0.2) is 46.4 Å². The van der Waals surface area contributed by atoms with Crippen LogP contribution < -0.4 is 4.90 Å². The van der Waals surface area contributed by atoms with Gasteiger partial charge in [0.15, 0.2) is 0 Å². The summed E-state index contributed by atoms with van der Waals surface area (Å²) in [6.07, 6.45) is 9.76. The van der Waals surface area contributed by atoms with Crippen molar-refractivity contribution in [1.82, 2.24) is 4.90 Å². The molecule has 0 spiro atoms. The highest BCUT2D eigenvalue weighted by Crippen LogP contribution is 2.33. The number of anilines is 1. The fraction of sp³-hybridized carbons (Fsp3) is 0.545. The average Bonchev–Trinajstić information content (AvgIpc) is 2.67. The van der Waals surface area contributed by atoms with E-state index in [0.717, 1.165) is 31.2 Å². The normalized spacial score (nSPS) is 20.0. The SMILES string of the molecule is C/C=C(/CCCN1CCN(c2ccc(Cl)cc2)CC1)C1=C(S)CCCC1. The molecule has 1 saturated heterocycles. The Morgan fingerprint density at radius 2 is 1.77 bits per heavy atom. The number of piperazine rings is 1. The number of thiol groups is 1. The molecule has 1 fully saturated rings. The molecule has 3 rings (SSSR count). The predicted octanol–water partition coefficient (Wildman–Crippen LogP) is 5.95. The van der Waals surface area contributed by atoms with Crippen LogP contribution in [0.1, 0.15) is 45.4 Å². The molecule has 1 aromatic carbocycles. The van der Waals surface area contributed by atoms with Crippen LogP contribution in [0.2, 0.25) is 5.02 Å². The molecule has 0 radical (unpaired) electrons. The number of hydrogen-bond donors (Lipinski definition) is 1. The van der Waals surface area contributed by atoms with Crippen LogP contribution in [-0.4, -0.2) is 37.6 Å². The Morgan fingerprint density at radius 1 is 1.08 bits per heavy atom. The highest BCUT2D eigenvalue weighted by molar-refractivity contribution is 7.84. The predicted molar refractivity (Wildman–Crippen MR) is 118 cm³/mol. The lowest BCUT2D eigenvalue weighted by molar-refractivity contribution is 0.255. The molecule has 0 aromatic heterocycles. The average molecular weight is 391 g/mol. The van der Waals surface area contributed by atoms with E-state index >= 15 is 0 Å². The Bertz CT molecular complexity index is 643. The third-order valence-electron chi connectivity index (χ3n) is 5.66. The van der Waals surface area contributed by atoms with Crippen molar-refractivity contribution in [3.63, 3.8) is 0 Å². The fourth-order valence-electron chi connectivity index (χ4n) is 4.08. The largest absolute Gasteiger partial charge is 0.369 e. The lowest BCUT2D eigenvalue weighted by atomic mass is 9.90. The molecule has 0 amide bonds. The summed E-state index contributed by atoms with van der Waals surface area (Å²) in [7, 11) is 0. The zero-order valence-electron chi connectivity index (χ0n) is 15.9. The number of rotatable bonds is 6. The van der Waals surface area contributed by atoms with E-state index in [1.165, 1.54) is 66.8 Å². The van der Waals surface area contributed by atoms with E-state index in [1.54, 1.807) is 0 Å². The minimum Gasteiger partial charge on any atom is -0.369 e. The monoisotopic (exact) mass is 390 g/mol. The van der Waals surface area contributed by atoms with E-state index in [2.05, 4.69) is 34.9 Å². The van der Waals surface area contributed by atoms with Gasteiger partial charge in [-0.25, -0.2) is 0 Å². The van der Waals surface area contributed by atoms with Crippen LogP contribution in [0.4, 0.5) is 5.69 Å². The molecule has 2 nitrogen and oxygen atoms in total. The number of allylic oxidation sites excluding steroid dienone is 4. The molecule has 4 heteroatoms. The summed E-state index contributed by atoms with van der Waals surface area (Å²) >= 11 is 10.7. The van der Waals surface area contributed by atoms with E-state index in [0.29, 0.717) is 0 Å². The molecule has 0 unspecified atom stereocenters. The second-order valence-corrected chi connectivity index (χ2v) is 8.33. The molecular formula is C22H31ClN2S. The lowest BCUT2D eigenvalue weighted by Gasteiger charge is -2.36. The second kappa shape index (κ2) is 9.87. The molecule has 1 aromatic rings. The highest BCUT2D eigenvalue weighted by Gasteiger charge is 2.18. The van der Waals surface area contributed by atoms with E-state index in [1.807, 2.05) is 12.1 Å². The Morgan fingerprint density at radius 3 is 2.42 bits per heavy atom. The van der Waals surface area contributed by atoms with E-state index in [-0.39, 0.29) is 0 Å². The molecular weight excluding hydrogens is 360 g/mol. The zero-order chi connectivity index (χ0) is 18.4. The van der Waals surface area contributed by atoms with Crippen molar-refractivity contribution in [2.24, 2.45) is 0 Å². The Kier molecular flexibility index (Phi) is 7.53. The van der Waals surface area contributed by atoms with Crippen molar-refractivity contribution >= 4 is 29.9 Å². The quantitative estimate of drug-likeness (QED) is 0.600. The molecule has 1 heterocycles. The summed E-state index contributed by atoms with van der Waals surface area (Å²) in [6, 6.07) is 8.22. The van der Waals surface area contributed by atoms with Gasteiger partial charge in [-0.3, -0.25) is 4.90 Å². The van der Waals surface area contributed by atoms with E-state index < -0.39 is 0 Å². The van der Waals surface area contributed by atoms with Crippen molar-refractivity contribution in [2.75, 3.05) is 37.6 Å². The van der Waals surface area contributed by atoms with E-state index in [4.69, 9.17) is 24.2 Å². The Balaban J connectivity index is 1.43. The standard InChI is InChI=1S/C22H31ClN2S/c1-2-18(21-7-3-4-8-22(21)26)6-5-13-24-14-16-25(17-15-24)20-11-9-19(23)10-12-20/h2,9-12,26H,3-8,13-17H2,1H3/b18-2-. The summed E-state index contributed by atoms with van der Waals surface area (Å²) < 4.78 is 0. The van der Waals surface area contributed by atoms with Gasteiger partial charge in [-0.05, 0) is 92.3 Å². The van der Waals surface area contributed by atoms with Crippen LogP contribution in [-0.2, 0) is 0 Å². The summed E-state index contributed by atoms with van der Waals surface area (Å²) in [5, 5.41) is 0.810.